The summed E-state index contributed by atoms with van der Waals surface area (Å²) in [6.07, 6.45) is 60.0. The smallest absolute Gasteiger partial charge is 0.462 e. The van der Waals surface area contributed by atoms with E-state index in [9.17, 15) is 43.2 Å². The number of phosphoric ester groups is 2. The molecule has 0 saturated carbocycles. The van der Waals surface area contributed by atoms with Gasteiger partial charge in [-0.15, -0.1) is 0 Å². The average molecular weight is 1410 g/mol. The number of carbonyl (C=O) groups excluding carboxylic acids is 4. The monoisotopic (exact) mass is 1410 g/mol. The number of hydrogen-bond acceptors (Lipinski definition) is 15. The van der Waals surface area contributed by atoms with Gasteiger partial charge in [-0.25, -0.2) is 9.13 Å². The fourth-order valence-corrected chi connectivity index (χ4v) is 13.5. The molecule has 570 valence electrons. The van der Waals surface area contributed by atoms with Crippen molar-refractivity contribution in [1.29, 1.82) is 0 Å². The quantitative estimate of drug-likeness (QED) is 0.0222. The molecular formula is C77H150O17P2. The second-order valence-electron chi connectivity index (χ2n) is 28.2. The molecule has 2 unspecified atom stereocenters. The van der Waals surface area contributed by atoms with Gasteiger partial charge in [0.05, 0.1) is 26.4 Å². The van der Waals surface area contributed by atoms with Gasteiger partial charge in [-0.3, -0.25) is 37.3 Å². The van der Waals surface area contributed by atoms with Gasteiger partial charge in [0.25, 0.3) is 0 Å². The lowest BCUT2D eigenvalue weighted by molar-refractivity contribution is -0.161. The molecule has 0 spiro atoms. The molecule has 0 bridgehead atoms. The first kappa shape index (κ1) is 94.1. The van der Waals surface area contributed by atoms with E-state index in [1.807, 2.05) is 0 Å². The topological polar surface area (TPSA) is 237 Å². The van der Waals surface area contributed by atoms with E-state index in [4.69, 9.17) is 37.0 Å². The predicted octanol–water partition coefficient (Wildman–Crippen LogP) is 22.9. The number of carbonyl (C=O) groups is 4. The van der Waals surface area contributed by atoms with E-state index in [1.54, 1.807) is 0 Å². The van der Waals surface area contributed by atoms with E-state index in [2.05, 4.69) is 34.6 Å². The number of hydrogen-bond donors (Lipinski definition) is 3. The number of rotatable bonds is 77. The number of unbranched alkanes of at least 4 members (excludes halogenated alkanes) is 49. The molecule has 96 heavy (non-hydrogen) atoms. The highest BCUT2D eigenvalue weighted by Gasteiger charge is 2.30. The van der Waals surface area contributed by atoms with Gasteiger partial charge >= 0.3 is 39.5 Å². The first-order chi connectivity index (χ1) is 46.5. The maximum absolute atomic E-state index is 13.1. The number of esters is 4. The average Bonchev–Trinajstić information content (AvgIpc) is 1.72. The lowest BCUT2D eigenvalue weighted by Crippen LogP contribution is -2.30. The molecule has 0 rings (SSSR count). The Bertz CT molecular complexity index is 1840. The highest BCUT2D eigenvalue weighted by Crippen LogP contribution is 2.45. The molecule has 0 aliphatic heterocycles. The molecule has 0 amide bonds. The summed E-state index contributed by atoms with van der Waals surface area (Å²) in [5, 5.41) is 10.6. The van der Waals surface area contributed by atoms with Gasteiger partial charge in [0.1, 0.15) is 19.3 Å². The van der Waals surface area contributed by atoms with Crippen molar-refractivity contribution in [3.05, 3.63) is 0 Å². The first-order valence-corrected chi connectivity index (χ1v) is 43.1. The predicted molar refractivity (Wildman–Crippen MR) is 391 cm³/mol. The van der Waals surface area contributed by atoms with Crippen LogP contribution in [0.15, 0.2) is 0 Å². The molecule has 3 N–H and O–H groups in total. The van der Waals surface area contributed by atoms with Crippen molar-refractivity contribution < 1.29 is 80.2 Å². The summed E-state index contributed by atoms with van der Waals surface area (Å²) in [5.74, 6) is -1.31. The van der Waals surface area contributed by atoms with Crippen LogP contribution in [0.4, 0.5) is 0 Å². The molecule has 0 heterocycles. The fourth-order valence-electron chi connectivity index (χ4n) is 11.9. The molecule has 0 aromatic carbocycles. The van der Waals surface area contributed by atoms with Crippen molar-refractivity contribution in [2.45, 2.75) is 425 Å². The second-order valence-corrected chi connectivity index (χ2v) is 31.1. The molecule has 0 aromatic rings. The second kappa shape index (κ2) is 70.1. The van der Waals surface area contributed by atoms with Crippen molar-refractivity contribution in [2.75, 3.05) is 39.6 Å². The summed E-state index contributed by atoms with van der Waals surface area (Å²) in [4.78, 5) is 72.6. The molecule has 19 heteroatoms. The van der Waals surface area contributed by atoms with Gasteiger partial charge in [0, 0.05) is 25.7 Å². The third-order valence-corrected chi connectivity index (χ3v) is 19.9. The van der Waals surface area contributed by atoms with Crippen LogP contribution in [0.2, 0.25) is 0 Å². The summed E-state index contributed by atoms with van der Waals surface area (Å²) < 4.78 is 68.3. The Morgan fingerprint density at radius 3 is 0.708 bits per heavy atom. The minimum atomic E-state index is -4.96. The van der Waals surface area contributed by atoms with Crippen LogP contribution >= 0.6 is 15.6 Å². The number of ether oxygens (including phenoxy) is 4. The van der Waals surface area contributed by atoms with Gasteiger partial charge in [-0.05, 0) is 31.6 Å². The van der Waals surface area contributed by atoms with Crippen molar-refractivity contribution in [3.8, 4) is 0 Å². The van der Waals surface area contributed by atoms with E-state index in [0.29, 0.717) is 25.7 Å². The number of aliphatic hydroxyl groups is 1. The van der Waals surface area contributed by atoms with Gasteiger partial charge < -0.3 is 33.8 Å². The lowest BCUT2D eigenvalue weighted by atomic mass is 10.0. The Morgan fingerprint density at radius 2 is 0.479 bits per heavy atom. The maximum Gasteiger partial charge on any atom is 0.472 e. The Kier molecular flexibility index (Phi) is 68.7. The molecule has 0 aliphatic rings. The van der Waals surface area contributed by atoms with Crippen LogP contribution in [-0.2, 0) is 65.4 Å². The normalized spacial score (nSPS) is 13.9. The molecule has 0 saturated heterocycles. The third-order valence-electron chi connectivity index (χ3n) is 18.0. The van der Waals surface area contributed by atoms with Crippen LogP contribution in [0.25, 0.3) is 0 Å². The zero-order valence-corrected chi connectivity index (χ0v) is 64.3. The molecule has 0 radical (unpaired) electrons. The van der Waals surface area contributed by atoms with Crippen molar-refractivity contribution >= 4 is 39.5 Å². The first-order valence-electron chi connectivity index (χ1n) is 40.1. The van der Waals surface area contributed by atoms with E-state index >= 15 is 0 Å². The largest absolute Gasteiger partial charge is 0.472 e. The molecule has 17 nitrogen and oxygen atoms in total. The molecular weight excluding hydrogens is 1260 g/mol. The fraction of sp³-hybridized carbons (Fsp3) is 0.948. The van der Waals surface area contributed by atoms with Crippen LogP contribution in [0.1, 0.15) is 407 Å². The third kappa shape index (κ3) is 70.5. The summed E-state index contributed by atoms with van der Waals surface area (Å²) in [7, 11) is -9.90. The number of aliphatic hydroxyl groups excluding tert-OH is 1. The zero-order chi connectivity index (χ0) is 70.5. The minimum absolute atomic E-state index is 0.105. The maximum atomic E-state index is 13.1. The molecule has 0 fully saturated rings. The van der Waals surface area contributed by atoms with E-state index in [-0.39, 0.29) is 25.7 Å². The van der Waals surface area contributed by atoms with E-state index in [0.717, 1.165) is 109 Å². The summed E-state index contributed by atoms with van der Waals surface area (Å²) in [6.45, 7) is 7.27. The molecule has 5 atom stereocenters. The van der Waals surface area contributed by atoms with E-state index < -0.39 is 97.5 Å². The van der Waals surface area contributed by atoms with Crippen molar-refractivity contribution in [3.63, 3.8) is 0 Å². The van der Waals surface area contributed by atoms with Crippen LogP contribution in [-0.4, -0.2) is 96.7 Å². The Morgan fingerprint density at radius 1 is 0.281 bits per heavy atom. The van der Waals surface area contributed by atoms with Gasteiger partial charge in [0.2, 0.25) is 0 Å². The van der Waals surface area contributed by atoms with Crippen molar-refractivity contribution in [1.82, 2.24) is 0 Å². The van der Waals surface area contributed by atoms with Gasteiger partial charge in [-0.2, -0.15) is 0 Å². The Balaban J connectivity index is 5.13. The van der Waals surface area contributed by atoms with Crippen LogP contribution in [0.5, 0.6) is 0 Å². The van der Waals surface area contributed by atoms with Gasteiger partial charge in [0.15, 0.2) is 12.2 Å². The van der Waals surface area contributed by atoms with E-state index in [1.165, 1.54) is 218 Å². The SMILES string of the molecule is CCCCCCCCCCCCCCCCCCCCCCCC(=O)O[C@H](COC(=O)CCCCCCCCCCCCCCCCCCC(C)C)COP(=O)(O)OC[C@@H](O)COP(=O)(O)OC[C@@H](COC(=O)CCCCCCCCCC)OC(=O)CCCCCCCCCC. The number of phosphoric acid groups is 2. The highest BCUT2D eigenvalue weighted by molar-refractivity contribution is 7.47. The standard InChI is InChI=1S/C77H150O17P2/c1-6-9-12-15-18-21-22-23-24-25-26-27-28-29-34-37-40-43-48-53-58-63-77(82)94-73(67-88-75(80)61-56-51-47-42-39-36-33-31-30-32-35-38-41-44-49-54-59-70(4)5)69-92-96(85,86)90-65-71(78)64-89-95(83,84)91-68-72(93-76(81)62-57-52-46-20-17-14-11-8-3)66-87-74(79)60-55-50-45-19-16-13-10-7-2/h70-73,78H,6-69H2,1-5H3,(H,83,84)(H,85,86)/t71-,72+,73+/m0/s1. The summed E-state index contributed by atoms with van der Waals surface area (Å²) in [6, 6.07) is 0. The van der Waals surface area contributed by atoms with Crippen LogP contribution in [0.3, 0.4) is 0 Å². The van der Waals surface area contributed by atoms with Gasteiger partial charge in [-0.1, -0.05) is 356 Å². The summed E-state index contributed by atoms with van der Waals surface area (Å²) >= 11 is 0. The molecule has 0 aromatic heterocycles. The Hall–Kier alpha value is -1.94. The molecule has 0 aliphatic carbocycles. The summed E-state index contributed by atoms with van der Waals surface area (Å²) in [5.41, 5.74) is 0. The minimum Gasteiger partial charge on any atom is -0.462 e. The van der Waals surface area contributed by atoms with Crippen LogP contribution in [0, 0.1) is 5.92 Å². The lowest BCUT2D eigenvalue weighted by Gasteiger charge is -2.21. The highest BCUT2D eigenvalue weighted by atomic mass is 31.2. The van der Waals surface area contributed by atoms with Crippen LogP contribution < -0.4 is 0 Å². The Labute approximate surface area is 588 Å². The van der Waals surface area contributed by atoms with Crippen molar-refractivity contribution in [2.24, 2.45) is 5.92 Å². The zero-order valence-electron chi connectivity index (χ0n) is 62.5.